The molecule has 4 rings (SSSR count). The van der Waals surface area contributed by atoms with Crippen molar-refractivity contribution in [1.29, 1.82) is 0 Å². The Morgan fingerprint density at radius 1 is 1.03 bits per heavy atom. The number of benzene rings is 1. The number of carbonyl (C=O) groups excluding carboxylic acids is 1. The van der Waals surface area contributed by atoms with Gasteiger partial charge in [-0.3, -0.25) is 4.79 Å². The molecular formula is C25H33FN6O. The monoisotopic (exact) mass is 452 g/mol. The van der Waals surface area contributed by atoms with Crippen molar-refractivity contribution < 1.29 is 9.18 Å². The number of halogens is 1. The van der Waals surface area contributed by atoms with E-state index in [1.807, 2.05) is 25.7 Å². The molecule has 0 aliphatic carbocycles. The fourth-order valence-electron chi connectivity index (χ4n) is 4.23. The zero-order valence-electron chi connectivity index (χ0n) is 20.2. The number of nitrogens with zero attached hydrogens (tertiary/aromatic N) is 6. The van der Waals surface area contributed by atoms with Crippen LogP contribution in [0.5, 0.6) is 0 Å². The van der Waals surface area contributed by atoms with E-state index in [1.165, 1.54) is 12.1 Å². The number of aromatic nitrogens is 4. The van der Waals surface area contributed by atoms with Gasteiger partial charge in [0, 0.05) is 38.5 Å². The first kappa shape index (κ1) is 23.1. The molecule has 0 spiro atoms. The Labute approximate surface area is 194 Å². The van der Waals surface area contributed by atoms with Crippen molar-refractivity contribution in [2.24, 2.45) is 11.8 Å². The summed E-state index contributed by atoms with van der Waals surface area (Å²) in [6.45, 7) is 13.0. The van der Waals surface area contributed by atoms with Gasteiger partial charge in [-0.25, -0.2) is 19.0 Å². The van der Waals surface area contributed by atoms with Crippen molar-refractivity contribution in [3.8, 4) is 5.69 Å². The van der Waals surface area contributed by atoms with Gasteiger partial charge in [-0.1, -0.05) is 27.7 Å². The fraction of sp³-hybridized carbons (Fsp3) is 0.520. The molecule has 1 saturated heterocycles. The standard InChI is InChI=1S/C25H33FN6O/c1-16(2)6-11-21-27-23(30-12-14-31(15-13-30)25(33)17(3)4)22-18(5)29-32(24(22)28-21)20-9-7-19(26)8-10-20/h7-10,16-17H,6,11-15H2,1-5H3. The van der Waals surface area contributed by atoms with Crippen molar-refractivity contribution in [1.82, 2.24) is 24.6 Å². The van der Waals surface area contributed by atoms with Crippen LogP contribution in [0.3, 0.4) is 0 Å². The summed E-state index contributed by atoms with van der Waals surface area (Å²) in [5.74, 6) is 2.12. The molecule has 3 aromatic rings. The molecule has 2 aromatic heterocycles. The first-order valence-corrected chi connectivity index (χ1v) is 11.8. The Balaban J connectivity index is 1.75. The predicted molar refractivity (Wildman–Crippen MR) is 128 cm³/mol. The van der Waals surface area contributed by atoms with Crippen LogP contribution in [0.15, 0.2) is 24.3 Å². The zero-order chi connectivity index (χ0) is 23.7. The Morgan fingerprint density at radius 3 is 2.30 bits per heavy atom. The fourth-order valence-corrected chi connectivity index (χ4v) is 4.23. The van der Waals surface area contributed by atoms with E-state index in [4.69, 9.17) is 15.1 Å². The third-order valence-corrected chi connectivity index (χ3v) is 6.13. The van der Waals surface area contributed by atoms with Crippen LogP contribution in [0.2, 0.25) is 0 Å². The average Bonchev–Trinajstić information content (AvgIpc) is 3.13. The van der Waals surface area contributed by atoms with E-state index in [-0.39, 0.29) is 17.6 Å². The lowest BCUT2D eigenvalue weighted by Gasteiger charge is -2.36. The summed E-state index contributed by atoms with van der Waals surface area (Å²) in [6, 6.07) is 6.30. The van der Waals surface area contributed by atoms with Crippen molar-refractivity contribution >= 4 is 22.8 Å². The van der Waals surface area contributed by atoms with E-state index < -0.39 is 0 Å². The maximum atomic E-state index is 13.5. The number of hydrogen-bond acceptors (Lipinski definition) is 5. The second kappa shape index (κ2) is 9.45. The average molecular weight is 453 g/mol. The van der Waals surface area contributed by atoms with Gasteiger partial charge in [0.2, 0.25) is 5.91 Å². The molecule has 176 valence electrons. The summed E-state index contributed by atoms with van der Waals surface area (Å²) < 4.78 is 15.3. The van der Waals surface area contributed by atoms with Gasteiger partial charge >= 0.3 is 0 Å². The Kier molecular flexibility index (Phi) is 6.63. The van der Waals surface area contributed by atoms with Crippen LogP contribution in [0.1, 0.15) is 45.6 Å². The van der Waals surface area contributed by atoms with E-state index in [0.29, 0.717) is 19.0 Å². The lowest BCUT2D eigenvalue weighted by atomic mass is 10.1. The molecule has 7 nitrogen and oxygen atoms in total. The van der Waals surface area contributed by atoms with Crippen LogP contribution in [-0.4, -0.2) is 56.7 Å². The van der Waals surface area contributed by atoms with E-state index in [2.05, 4.69) is 18.7 Å². The molecule has 0 radical (unpaired) electrons. The first-order chi connectivity index (χ1) is 15.7. The minimum Gasteiger partial charge on any atom is -0.352 e. The van der Waals surface area contributed by atoms with Gasteiger partial charge in [0.05, 0.1) is 16.8 Å². The molecule has 0 saturated carbocycles. The molecule has 33 heavy (non-hydrogen) atoms. The molecule has 1 aliphatic rings. The number of amides is 1. The Bertz CT molecular complexity index is 1130. The predicted octanol–water partition coefficient (Wildman–Crippen LogP) is 4.16. The normalized spacial score (nSPS) is 14.7. The summed E-state index contributed by atoms with van der Waals surface area (Å²) in [7, 11) is 0. The summed E-state index contributed by atoms with van der Waals surface area (Å²) >= 11 is 0. The van der Waals surface area contributed by atoms with Gasteiger partial charge < -0.3 is 9.80 Å². The molecule has 0 unspecified atom stereocenters. The SMILES string of the molecule is Cc1nn(-c2ccc(F)cc2)c2nc(CCC(C)C)nc(N3CCN(C(=O)C(C)C)CC3)c12. The van der Waals surface area contributed by atoms with Crippen LogP contribution in [0.4, 0.5) is 10.2 Å². The van der Waals surface area contributed by atoms with Gasteiger partial charge in [-0.05, 0) is 43.5 Å². The zero-order valence-corrected chi connectivity index (χ0v) is 20.2. The molecule has 3 heterocycles. The molecule has 0 bridgehead atoms. The van der Waals surface area contributed by atoms with Crippen LogP contribution < -0.4 is 4.90 Å². The number of anilines is 1. The largest absolute Gasteiger partial charge is 0.352 e. The highest BCUT2D eigenvalue weighted by molar-refractivity contribution is 5.91. The summed E-state index contributed by atoms with van der Waals surface area (Å²) in [5.41, 5.74) is 2.34. The number of carbonyl (C=O) groups is 1. The van der Waals surface area contributed by atoms with Crippen molar-refractivity contribution in [3.63, 3.8) is 0 Å². The van der Waals surface area contributed by atoms with Gasteiger partial charge in [0.25, 0.3) is 0 Å². The lowest BCUT2D eigenvalue weighted by Crippen LogP contribution is -2.50. The maximum Gasteiger partial charge on any atom is 0.225 e. The minimum atomic E-state index is -0.284. The molecule has 1 aliphatic heterocycles. The number of aryl methyl sites for hydroxylation is 2. The van der Waals surface area contributed by atoms with Gasteiger partial charge in [-0.15, -0.1) is 0 Å². The van der Waals surface area contributed by atoms with E-state index in [1.54, 1.807) is 16.8 Å². The quantitative estimate of drug-likeness (QED) is 0.562. The maximum absolute atomic E-state index is 13.5. The van der Waals surface area contributed by atoms with Crippen LogP contribution in [-0.2, 0) is 11.2 Å². The number of hydrogen-bond donors (Lipinski definition) is 0. The Hall–Kier alpha value is -3.03. The van der Waals surface area contributed by atoms with Crippen LogP contribution in [0, 0.1) is 24.6 Å². The van der Waals surface area contributed by atoms with E-state index in [0.717, 1.165) is 60.0 Å². The van der Waals surface area contributed by atoms with E-state index in [9.17, 15) is 9.18 Å². The topological polar surface area (TPSA) is 67.2 Å². The smallest absolute Gasteiger partial charge is 0.225 e. The van der Waals surface area contributed by atoms with Gasteiger partial charge in [-0.2, -0.15) is 5.10 Å². The third-order valence-electron chi connectivity index (χ3n) is 6.13. The lowest BCUT2D eigenvalue weighted by molar-refractivity contribution is -0.134. The van der Waals surface area contributed by atoms with Crippen molar-refractivity contribution in [3.05, 3.63) is 41.6 Å². The summed E-state index contributed by atoms with van der Waals surface area (Å²) in [6.07, 6.45) is 1.77. The molecule has 1 fully saturated rings. The highest BCUT2D eigenvalue weighted by atomic mass is 19.1. The van der Waals surface area contributed by atoms with Crippen LogP contribution >= 0.6 is 0 Å². The number of fused-ring (bicyclic) bond motifs is 1. The highest BCUT2D eigenvalue weighted by Crippen LogP contribution is 2.30. The molecule has 0 atom stereocenters. The molecule has 1 aromatic carbocycles. The second-order valence-corrected chi connectivity index (χ2v) is 9.54. The van der Waals surface area contributed by atoms with E-state index >= 15 is 0 Å². The molecule has 8 heteroatoms. The van der Waals surface area contributed by atoms with Crippen molar-refractivity contribution in [2.75, 3.05) is 31.1 Å². The number of rotatable bonds is 6. The van der Waals surface area contributed by atoms with Crippen molar-refractivity contribution in [2.45, 2.75) is 47.5 Å². The molecular weight excluding hydrogens is 419 g/mol. The second-order valence-electron chi connectivity index (χ2n) is 9.54. The Morgan fingerprint density at radius 2 is 1.70 bits per heavy atom. The highest BCUT2D eigenvalue weighted by Gasteiger charge is 2.27. The van der Waals surface area contributed by atoms with Gasteiger partial charge in [0.15, 0.2) is 5.65 Å². The summed E-state index contributed by atoms with van der Waals surface area (Å²) in [5, 5.41) is 5.66. The first-order valence-electron chi connectivity index (χ1n) is 11.8. The molecule has 1 amide bonds. The van der Waals surface area contributed by atoms with Gasteiger partial charge in [0.1, 0.15) is 17.5 Å². The third kappa shape index (κ3) is 4.84. The molecule has 0 N–H and O–H groups in total. The van der Waals surface area contributed by atoms with Crippen LogP contribution in [0.25, 0.3) is 16.7 Å². The number of piperazine rings is 1. The minimum absolute atomic E-state index is 0.00105. The summed E-state index contributed by atoms with van der Waals surface area (Å²) in [4.78, 5) is 26.5.